The van der Waals surface area contributed by atoms with E-state index in [2.05, 4.69) is 27.4 Å². The molecule has 2 aromatic rings. The number of anilines is 3. The average Bonchev–Trinajstić information content (AvgIpc) is 2.79. The monoisotopic (exact) mass is 461 g/mol. The van der Waals surface area contributed by atoms with Crippen LogP contribution in [-0.2, 0) is 4.74 Å². The maximum atomic E-state index is 13.0. The van der Waals surface area contributed by atoms with E-state index in [1.807, 2.05) is 6.07 Å². The molecule has 10 heteroatoms. The van der Waals surface area contributed by atoms with Crippen molar-refractivity contribution in [3.8, 4) is 0 Å². The summed E-state index contributed by atoms with van der Waals surface area (Å²) in [6, 6.07) is 9.76. The molecule has 1 aliphatic rings. The third-order valence-corrected chi connectivity index (χ3v) is 5.68. The maximum absolute atomic E-state index is 13.0. The van der Waals surface area contributed by atoms with E-state index >= 15 is 0 Å². The third kappa shape index (κ3) is 5.87. The summed E-state index contributed by atoms with van der Waals surface area (Å²) in [6.45, 7) is 7.53. The van der Waals surface area contributed by atoms with Gasteiger partial charge in [-0.3, -0.25) is 14.9 Å². The number of halogens is 1. The number of carbonyl (C=O) groups excluding carboxylic acids is 1. The number of likely N-dealkylation sites (N-methyl/N-ethyl adjacent to an activating group) is 1. The standard InChI is InChI=1S/C22H28ClN5O4/c1-3-26-9-11-27(12-10-26)20-7-5-17(23)15-19(20)25-22(29)16-4-6-18(24-8-13-32-2)21(14-16)28(30)31/h4-7,14-15,24H,3,8-13H2,1-2H3,(H,25,29). The number of benzene rings is 2. The molecule has 3 rings (SSSR count). The van der Waals surface area contributed by atoms with Gasteiger partial charge in [0.25, 0.3) is 11.6 Å². The van der Waals surface area contributed by atoms with Crippen molar-refractivity contribution in [1.82, 2.24) is 4.90 Å². The quantitative estimate of drug-likeness (QED) is 0.333. The van der Waals surface area contributed by atoms with Gasteiger partial charge in [-0.1, -0.05) is 18.5 Å². The normalized spacial score (nSPS) is 14.3. The van der Waals surface area contributed by atoms with E-state index in [1.54, 1.807) is 25.3 Å². The van der Waals surface area contributed by atoms with Crippen molar-refractivity contribution in [2.45, 2.75) is 6.92 Å². The Morgan fingerprint density at radius 2 is 1.91 bits per heavy atom. The van der Waals surface area contributed by atoms with Gasteiger partial charge in [-0.15, -0.1) is 0 Å². The van der Waals surface area contributed by atoms with Gasteiger partial charge < -0.3 is 25.2 Å². The number of nitro groups is 1. The maximum Gasteiger partial charge on any atom is 0.293 e. The fourth-order valence-corrected chi connectivity index (χ4v) is 3.82. The van der Waals surface area contributed by atoms with Crippen molar-refractivity contribution < 1.29 is 14.5 Å². The predicted octanol–water partition coefficient (Wildman–Crippen LogP) is 3.70. The number of hydrogen-bond acceptors (Lipinski definition) is 7. The first-order valence-corrected chi connectivity index (χ1v) is 10.9. The smallest absolute Gasteiger partial charge is 0.293 e. The van der Waals surface area contributed by atoms with Crippen LogP contribution in [0.15, 0.2) is 36.4 Å². The van der Waals surface area contributed by atoms with Crippen molar-refractivity contribution in [2.24, 2.45) is 0 Å². The van der Waals surface area contributed by atoms with Crippen molar-refractivity contribution in [3.63, 3.8) is 0 Å². The summed E-state index contributed by atoms with van der Waals surface area (Å²) >= 11 is 6.19. The van der Waals surface area contributed by atoms with Crippen molar-refractivity contribution >= 4 is 40.3 Å². The molecule has 0 aromatic heterocycles. The second-order valence-electron chi connectivity index (χ2n) is 7.45. The number of piperazine rings is 1. The molecule has 9 nitrogen and oxygen atoms in total. The highest BCUT2D eigenvalue weighted by molar-refractivity contribution is 6.31. The molecule has 1 amide bonds. The van der Waals surface area contributed by atoms with Crippen LogP contribution in [0.2, 0.25) is 5.02 Å². The second-order valence-corrected chi connectivity index (χ2v) is 7.88. The molecule has 0 bridgehead atoms. The van der Waals surface area contributed by atoms with Crippen LogP contribution in [-0.4, -0.2) is 68.7 Å². The lowest BCUT2D eigenvalue weighted by molar-refractivity contribution is -0.384. The number of rotatable bonds is 9. The fourth-order valence-electron chi connectivity index (χ4n) is 3.64. The van der Waals surface area contributed by atoms with E-state index in [1.165, 1.54) is 12.1 Å². The Hall–Kier alpha value is -2.88. The SMILES string of the molecule is CCN1CCN(c2ccc(Cl)cc2NC(=O)c2ccc(NCCOC)c([N+](=O)[O-])c2)CC1. The number of methoxy groups -OCH3 is 1. The molecule has 1 fully saturated rings. The van der Waals surface area contributed by atoms with Crippen LogP contribution in [0.5, 0.6) is 0 Å². The molecule has 1 aliphatic heterocycles. The molecule has 0 saturated carbocycles. The van der Waals surface area contributed by atoms with Crippen molar-refractivity contribution in [2.75, 3.05) is 68.5 Å². The Balaban J connectivity index is 1.80. The predicted molar refractivity (Wildman–Crippen MR) is 127 cm³/mol. The zero-order chi connectivity index (χ0) is 23.1. The molecule has 1 heterocycles. The van der Waals surface area contributed by atoms with E-state index in [-0.39, 0.29) is 11.3 Å². The van der Waals surface area contributed by atoms with Crippen LogP contribution in [0, 0.1) is 10.1 Å². The highest BCUT2D eigenvalue weighted by Crippen LogP contribution is 2.31. The lowest BCUT2D eigenvalue weighted by atomic mass is 10.1. The molecule has 0 spiro atoms. The fraction of sp³-hybridized carbons (Fsp3) is 0.409. The first-order chi connectivity index (χ1) is 15.4. The largest absolute Gasteiger partial charge is 0.383 e. The van der Waals surface area contributed by atoms with Crippen LogP contribution in [0.4, 0.5) is 22.7 Å². The Kier molecular flexibility index (Phi) is 8.26. The Morgan fingerprint density at radius 1 is 1.16 bits per heavy atom. The van der Waals surface area contributed by atoms with Crippen molar-refractivity contribution in [1.29, 1.82) is 0 Å². The Bertz CT molecular complexity index is 963. The lowest BCUT2D eigenvalue weighted by Crippen LogP contribution is -2.46. The van der Waals surface area contributed by atoms with E-state index in [4.69, 9.17) is 16.3 Å². The molecule has 1 saturated heterocycles. The van der Waals surface area contributed by atoms with E-state index in [0.717, 1.165) is 38.4 Å². The Labute approximate surface area is 192 Å². The first-order valence-electron chi connectivity index (χ1n) is 10.5. The molecular formula is C22H28ClN5O4. The topological polar surface area (TPSA) is 100.0 Å². The van der Waals surface area contributed by atoms with Crippen LogP contribution < -0.4 is 15.5 Å². The molecule has 172 valence electrons. The summed E-state index contributed by atoms with van der Waals surface area (Å²) in [5, 5.41) is 17.9. The minimum atomic E-state index is -0.510. The van der Waals surface area contributed by atoms with Crippen LogP contribution in [0.3, 0.4) is 0 Å². The summed E-state index contributed by atoms with van der Waals surface area (Å²) in [7, 11) is 1.55. The highest BCUT2D eigenvalue weighted by Gasteiger charge is 2.21. The van der Waals surface area contributed by atoms with E-state index < -0.39 is 10.8 Å². The number of ether oxygens (including phenoxy) is 1. The lowest BCUT2D eigenvalue weighted by Gasteiger charge is -2.36. The Morgan fingerprint density at radius 3 is 2.56 bits per heavy atom. The number of nitrogens with one attached hydrogen (secondary N) is 2. The summed E-state index contributed by atoms with van der Waals surface area (Å²) in [5.41, 5.74) is 1.82. The van der Waals surface area contributed by atoms with Crippen LogP contribution in [0.1, 0.15) is 17.3 Å². The van der Waals surface area contributed by atoms with Gasteiger partial charge in [0.2, 0.25) is 0 Å². The molecular weight excluding hydrogens is 434 g/mol. The molecule has 0 radical (unpaired) electrons. The number of carbonyl (C=O) groups is 1. The molecule has 0 aliphatic carbocycles. The summed E-state index contributed by atoms with van der Waals surface area (Å²) in [4.78, 5) is 28.5. The zero-order valence-corrected chi connectivity index (χ0v) is 19.0. The van der Waals surface area contributed by atoms with Gasteiger partial charge in [-0.05, 0) is 36.9 Å². The highest BCUT2D eigenvalue weighted by atomic mass is 35.5. The van der Waals surface area contributed by atoms with Gasteiger partial charge in [0, 0.05) is 56.5 Å². The second kappa shape index (κ2) is 11.1. The van der Waals surface area contributed by atoms with Crippen LogP contribution >= 0.6 is 11.6 Å². The number of hydrogen-bond donors (Lipinski definition) is 2. The zero-order valence-electron chi connectivity index (χ0n) is 18.3. The van der Waals surface area contributed by atoms with Gasteiger partial charge in [0.1, 0.15) is 5.69 Å². The first kappa shape index (κ1) is 23.8. The molecule has 2 N–H and O–H groups in total. The molecule has 2 aromatic carbocycles. The summed E-state index contributed by atoms with van der Waals surface area (Å²) < 4.78 is 4.96. The molecule has 32 heavy (non-hydrogen) atoms. The minimum Gasteiger partial charge on any atom is -0.383 e. The third-order valence-electron chi connectivity index (χ3n) is 5.45. The van der Waals surface area contributed by atoms with Gasteiger partial charge in [-0.25, -0.2) is 0 Å². The summed E-state index contributed by atoms with van der Waals surface area (Å²) in [6.07, 6.45) is 0. The molecule has 0 atom stereocenters. The van der Waals surface area contributed by atoms with Gasteiger partial charge in [0.15, 0.2) is 0 Å². The van der Waals surface area contributed by atoms with Gasteiger partial charge >= 0.3 is 0 Å². The number of amides is 1. The average molecular weight is 462 g/mol. The number of nitro benzene ring substituents is 1. The summed E-state index contributed by atoms with van der Waals surface area (Å²) in [5.74, 6) is -0.438. The number of nitrogens with zero attached hydrogens (tertiary/aromatic N) is 3. The van der Waals surface area contributed by atoms with Crippen molar-refractivity contribution in [3.05, 3.63) is 57.1 Å². The van der Waals surface area contributed by atoms with E-state index in [0.29, 0.717) is 29.5 Å². The molecule has 0 unspecified atom stereocenters. The van der Waals surface area contributed by atoms with Crippen LogP contribution in [0.25, 0.3) is 0 Å². The van der Waals surface area contributed by atoms with Gasteiger partial charge in [-0.2, -0.15) is 0 Å². The van der Waals surface area contributed by atoms with Gasteiger partial charge in [0.05, 0.1) is 22.9 Å². The van der Waals surface area contributed by atoms with E-state index in [9.17, 15) is 14.9 Å². The minimum absolute atomic E-state index is 0.171.